The second-order valence-corrected chi connectivity index (χ2v) is 5.41. The van der Waals surface area contributed by atoms with Gasteiger partial charge in [-0.15, -0.1) is 0 Å². The number of hydrogen-bond donors (Lipinski definition) is 0. The lowest BCUT2D eigenvalue weighted by atomic mass is 10.2. The van der Waals surface area contributed by atoms with Crippen LogP contribution in [0.1, 0.15) is 18.2 Å². The smallest absolute Gasteiger partial charge is 0.243 e. The second-order valence-electron chi connectivity index (χ2n) is 5.41. The highest BCUT2D eigenvalue weighted by Crippen LogP contribution is 2.26. The highest BCUT2D eigenvalue weighted by atomic mass is 16.2. The molecular weight excluding hydrogens is 278 g/mol. The van der Waals surface area contributed by atoms with Gasteiger partial charge in [-0.1, -0.05) is 0 Å². The van der Waals surface area contributed by atoms with Crippen LogP contribution in [0.5, 0.6) is 0 Å². The number of aryl methyl sites for hydroxylation is 1. The topological polar surface area (TPSA) is 62.2 Å². The molecule has 2 aromatic heterocycles. The summed E-state index contributed by atoms with van der Waals surface area (Å²) in [5.74, 6) is 1.62. The molecule has 114 valence electrons. The van der Waals surface area contributed by atoms with Crippen molar-refractivity contribution < 1.29 is 4.79 Å². The van der Waals surface area contributed by atoms with E-state index in [1.807, 2.05) is 42.7 Å². The van der Waals surface area contributed by atoms with E-state index in [2.05, 4.69) is 15.0 Å². The van der Waals surface area contributed by atoms with Crippen LogP contribution in [0.15, 0.2) is 24.5 Å². The third-order valence-corrected chi connectivity index (χ3v) is 3.98. The average Bonchev–Trinajstić information content (AvgIpc) is 2.91. The third kappa shape index (κ3) is 2.52. The summed E-state index contributed by atoms with van der Waals surface area (Å²) in [4.78, 5) is 29.2. The molecule has 6 heteroatoms. The molecule has 3 rings (SSSR count). The van der Waals surface area contributed by atoms with Gasteiger partial charge in [-0.2, -0.15) is 0 Å². The molecule has 0 atom stereocenters. The van der Waals surface area contributed by atoms with Crippen molar-refractivity contribution in [1.29, 1.82) is 0 Å². The van der Waals surface area contributed by atoms with Crippen molar-refractivity contribution in [2.45, 2.75) is 20.8 Å². The summed E-state index contributed by atoms with van der Waals surface area (Å²) in [6.07, 6.45) is 3.48. The third-order valence-electron chi connectivity index (χ3n) is 3.98. The van der Waals surface area contributed by atoms with Crippen LogP contribution in [-0.2, 0) is 4.79 Å². The van der Waals surface area contributed by atoms with E-state index in [4.69, 9.17) is 0 Å². The Kier molecular flexibility index (Phi) is 3.75. The van der Waals surface area contributed by atoms with Gasteiger partial charge in [-0.3, -0.25) is 9.78 Å². The Bertz CT molecular complexity index is 701. The zero-order valence-corrected chi connectivity index (χ0v) is 13.1. The number of likely N-dealkylation sites (N-methyl/N-ethyl adjacent to an activating group) is 1. The zero-order valence-electron chi connectivity index (χ0n) is 13.1. The molecule has 1 amide bonds. The number of carbonyl (C=O) groups excluding carboxylic acids is 1. The first-order valence-electron chi connectivity index (χ1n) is 7.38. The molecule has 0 aliphatic carbocycles. The lowest BCUT2D eigenvalue weighted by Crippen LogP contribution is -2.27. The number of pyridine rings is 1. The molecule has 0 spiro atoms. The van der Waals surface area contributed by atoms with Gasteiger partial charge in [-0.25, -0.2) is 9.97 Å². The lowest BCUT2D eigenvalue weighted by Gasteiger charge is -2.20. The van der Waals surface area contributed by atoms with E-state index >= 15 is 0 Å². The van der Waals surface area contributed by atoms with E-state index in [9.17, 15) is 4.79 Å². The summed E-state index contributed by atoms with van der Waals surface area (Å²) in [6.45, 7) is 7.62. The summed E-state index contributed by atoms with van der Waals surface area (Å²) in [6, 6.07) is 3.81. The average molecular weight is 297 g/mol. The van der Waals surface area contributed by atoms with Gasteiger partial charge in [0.05, 0.1) is 6.67 Å². The van der Waals surface area contributed by atoms with Crippen LogP contribution < -0.4 is 4.90 Å². The highest BCUT2D eigenvalue weighted by Gasteiger charge is 2.28. The summed E-state index contributed by atoms with van der Waals surface area (Å²) in [5.41, 5.74) is 2.81. The van der Waals surface area contributed by atoms with Crippen LogP contribution in [0.4, 0.5) is 5.82 Å². The monoisotopic (exact) mass is 297 g/mol. The number of nitrogens with zero attached hydrogens (tertiary/aromatic N) is 5. The van der Waals surface area contributed by atoms with Gasteiger partial charge < -0.3 is 9.80 Å². The molecule has 22 heavy (non-hydrogen) atoms. The van der Waals surface area contributed by atoms with E-state index < -0.39 is 0 Å². The maximum absolute atomic E-state index is 12.0. The Balaban J connectivity index is 2.01. The summed E-state index contributed by atoms with van der Waals surface area (Å²) in [5, 5.41) is 0. The highest BCUT2D eigenvalue weighted by molar-refractivity contribution is 5.84. The first-order valence-corrected chi connectivity index (χ1v) is 7.38. The number of aromatic nitrogens is 3. The zero-order chi connectivity index (χ0) is 15.7. The number of anilines is 1. The molecule has 0 aromatic carbocycles. The van der Waals surface area contributed by atoms with Crippen molar-refractivity contribution in [2.24, 2.45) is 0 Å². The van der Waals surface area contributed by atoms with Crippen molar-refractivity contribution in [3.05, 3.63) is 35.8 Å². The largest absolute Gasteiger partial charge is 0.329 e. The molecule has 0 radical (unpaired) electrons. The Morgan fingerprint density at radius 3 is 2.73 bits per heavy atom. The standard InChI is InChI=1S/C16H19N5O/c1-4-20-10-21(9-14(20)22)16-11(2)12(3)18-15(19-16)13-6-5-7-17-8-13/h5-8H,4,9-10H2,1-3H3. The molecule has 1 aliphatic rings. The first kappa shape index (κ1) is 14.4. The van der Waals surface area contributed by atoms with Gasteiger partial charge in [0.25, 0.3) is 0 Å². The van der Waals surface area contributed by atoms with Gasteiger partial charge in [-0.05, 0) is 32.9 Å². The molecule has 1 fully saturated rings. The molecule has 0 N–H and O–H groups in total. The van der Waals surface area contributed by atoms with E-state index in [-0.39, 0.29) is 5.91 Å². The van der Waals surface area contributed by atoms with Gasteiger partial charge in [0.15, 0.2) is 5.82 Å². The molecule has 1 aliphatic heterocycles. The maximum atomic E-state index is 12.0. The summed E-state index contributed by atoms with van der Waals surface area (Å²) >= 11 is 0. The van der Waals surface area contributed by atoms with E-state index in [0.29, 0.717) is 25.6 Å². The predicted molar refractivity (Wildman–Crippen MR) is 84.3 cm³/mol. The predicted octanol–water partition coefficient (Wildman–Crippen LogP) is 1.78. The Morgan fingerprint density at radius 2 is 2.09 bits per heavy atom. The minimum atomic E-state index is 0.140. The van der Waals surface area contributed by atoms with Crippen LogP contribution in [0.3, 0.4) is 0 Å². The Morgan fingerprint density at radius 1 is 1.27 bits per heavy atom. The van der Waals surface area contributed by atoms with E-state index in [1.54, 1.807) is 12.4 Å². The van der Waals surface area contributed by atoms with Gasteiger partial charge in [0, 0.05) is 35.8 Å². The van der Waals surface area contributed by atoms with E-state index in [1.165, 1.54) is 0 Å². The summed E-state index contributed by atoms with van der Waals surface area (Å²) in [7, 11) is 0. The fourth-order valence-corrected chi connectivity index (χ4v) is 2.56. The quantitative estimate of drug-likeness (QED) is 0.864. The Hall–Kier alpha value is -2.50. The maximum Gasteiger partial charge on any atom is 0.243 e. The molecule has 1 saturated heterocycles. The molecule has 0 saturated carbocycles. The molecule has 2 aromatic rings. The van der Waals surface area contributed by atoms with Crippen molar-refractivity contribution in [3.8, 4) is 11.4 Å². The van der Waals surface area contributed by atoms with Crippen LogP contribution in [0, 0.1) is 13.8 Å². The molecule has 3 heterocycles. The van der Waals surface area contributed by atoms with Crippen LogP contribution >= 0.6 is 0 Å². The number of hydrogen-bond acceptors (Lipinski definition) is 5. The minimum Gasteiger partial charge on any atom is -0.329 e. The first-order chi connectivity index (χ1) is 10.6. The normalized spacial score (nSPS) is 14.8. The van der Waals surface area contributed by atoms with Crippen LogP contribution in [0.2, 0.25) is 0 Å². The number of carbonyl (C=O) groups is 1. The van der Waals surface area contributed by atoms with E-state index in [0.717, 1.165) is 22.6 Å². The minimum absolute atomic E-state index is 0.140. The summed E-state index contributed by atoms with van der Waals surface area (Å²) < 4.78 is 0. The lowest BCUT2D eigenvalue weighted by molar-refractivity contribution is -0.126. The van der Waals surface area contributed by atoms with Gasteiger partial charge >= 0.3 is 0 Å². The fourth-order valence-electron chi connectivity index (χ4n) is 2.56. The van der Waals surface area contributed by atoms with Gasteiger partial charge in [0.2, 0.25) is 5.91 Å². The van der Waals surface area contributed by atoms with Crippen molar-refractivity contribution in [1.82, 2.24) is 19.9 Å². The van der Waals surface area contributed by atoms with Gasteiger partial charge in [0.1, 0.15) is 12.4 Å². The number of amides is 1. The molecular formula is C16H19N5O. The fraction of sp³-hybridized carbons (Fsp3) is 0.375. The molecule has 0 unspecified atom stereocenters. The van der Waals surface area contributed by atoms with Crippen LogP contribution in [-0.4, -0.2) is 45.5 Å². The Labute approximate surface area is 129 Å². The van der Waals surface area contributed by atoms with Crippen molar-refractivity contribution in [2.75, 3.05) is 24.7 Å². The second kappa shape index (κ2) is 5.71. The molecule has 6 nitrogen and oxygen atoms in total. The molecule has 0 bridgehead atoms. The van der Waals surface area contributed by atoms with Crippen molar-refractivity contribution >= 4 is 11.7 Å². The SMILES string of the molecule is CCN1CN(c2nc(-c3cccnc3)nc(C)c2C)CC1=O. The van der Waals surface area contributed by atoms with Crippen molar-refractivity contribution in [3.63, 3.8) is 0 Å². The number of rotatable bonds is 3. The van der Waals surface area contributed by atoms with Crippen LogP contribution in [0.25, 0.3) is 11.4 Å².